The van der Waals surface area contributed by atoms with E-state index in [2.05, 4.69) is 4.42 Å². The Bertz CT molecular complexity index is 259. The molecule has 1 aromatic rings. The summed E-state index contributed by atoms with van der Waals surface area (Å²) in [5, 5.41) is 8.30. The third kappa shape index (κ3) is 4.02. The van der Waals surface area contributed by atoms with Gasteiger partial charge in [0.1, 0.15) is 6.61 Å². The summed E-state index contributed by atoms with van der Waals surface area (Å²) >= 11 is -1.44. The molecule has 1 heterocycles. The van der Waals surface area contributed by atoms with Crippen molar-refractivity contribution in [2.24, 2.45) is 0 Å². The first-order valence-electron chi connectivity index (χ1n) is 2.83. The molecule has 1 rings (SSSR count). The molecule has 0 spiro atoms. The Balaban J connectivity index is 0.000000354. The zero-order valence-corrected chi connectivity index (χ0v) is 7.08. The van der Waals surface area contributed by atoms with Gasteiger partial charge >= 0.3 is 22.5 Å². The number of ketones is 1. The number of rotatable bonds is 2. The number of hydrogen-bond donors (Lipinski definition) is 1. The number of carbonyl (C=O) groups excluding carboxylic acids is 1. The Morgan fingerprint density at radius 2 is 2.17 bits per heavy atom. The second kappa shape index (κ2) is 6.72. The molecule has 0 aliphatic heterocycles. The molecule has 1 N–H and O–H groups in total. The zero-order chi connectivity index (χ0) is 9.40. The van der Waals surface area contributed by atoms with E-state index in [-0.39, 0.29) is 11.5 Å². The van der Waals surface area contributed by atoms with Crippen LogP contribution >= 0.6 is 0 Å². The Labute approximate surface area is 73.9 Å². The Morgan fingerprint density at radius 1 is 1.58 bits per heavy atom. The summed E-state index contributed by atoms with van der Waals surface area (Å²) in [6, 6.07) is 3.11. The SMILES string of the molecule is O=C(CO)c1ccco1.[O]=[Mn]=[O]. The average Bonchev–Trinajstić information content (AvgIpc) is 2.56. The van der Waals surface area contributed by atoms with E-state index in [0.29, 0.717) is 0 Å². The van der Waals surface area contributed by atoms with Gasteiger partial charge in [0.25, 0.3) is 0 Å². The van der Waals surface area contributed by atoms with Gasteiger partial charge in [0, 0.05) is 0 Å². The maximum atomic E-state index is 10.5. The fourth-order valence-electron chi connectivity index (χ4n) is 0.515. The summed E-state index contributed by atoms with van der Waals surface area (Å²) in [6.45, 7) is -0.493. The van der Waals surface area contributed by atoms with Crippen LogP contribution < -0.4 is 0 Å². The Hall–Kier alpha value is -0.971. The predicted octanol–water partition coefficient (Wildman–Crippen LogP) is 0.214. The molecule has 12 heavy (non-hydrogen) atoms. The first kappa shape index (κ1) is 11.0. The molecule has 1 aromatic heterocycles. The molecule has 0 aliphatic rings. The molecule has 0 atom stereocenters. The molecule has 5 nitrogen and oxygen atoms in total. The van der Waals surface area contributed by atoms with Gasteiger partial charge < -0.3 is 9.52 Å². The minimum absolute atomic E-state index is 0.206. The van der Waals surface area contributed by atoms with E-state index in [4.69, 9.17) is 12.8 Å². The summed E-state index contributed by atoms with van der Waals surface area (Å²) in [5.74, 6) is -0.183. The predicted molar refractivity (Wildman–Crippen MR) is 31.5 cm³/mol. The molecule has 0 radical (unpaired) electrons. The quantitative estimate of drug-likeness (QED) is 0.560. The molecule has 6 heteroatoms. The van der Waals surface area contributed by atoms with Crippen LogP contribution in [0.1, 0.15) is 10.6 Å². The summed E-state index contributed by atoms with van der Waals surface area (Å²) < 4.78 is 21.5. The van der Waals surface area contributed by atoms with E-state index in [1.165, 1.54) is 12.3 Å². The second-order valence-electron chi connectivity index (χ2n) is 1.62. The van der Waals surface area contributed by atoms with E-state index in [9.17, 15) is 4.79 Å². The number of Topliss-reactive ketones (excluding diaryl/α,β-unsaturated/α-hetero) is 1. The zero-order valence-electron chi connectivity index (χ0n) is 5.90. The second-order valence-corrected chi connectivity index (χ2v) is 1.82. The van der Waals surface area contributed by atoms with E-state index in [1.54, 1.807) is 6.07 Å². The maximum absolute atomic E-state index is 10.5. The van der Waals surface area contributed by atoms with Crippen LogP contribution in [0, 0.1) is 0 Å². The van der Waals surface area contributed by atoms with Gasteiger partial charge in [-0.1, -0.05) is 0 Å². The van der Waals surface area contributed by atoms with Crippen LogP contribution in [0.5, 0.6) is 0 Å². The third-order valence-corrected chi connectivity index (χ3v) is 0.940. The molecule has 0 unspecified atom stereocenters. The van der Waals surface area contributed by atoms with Gasteiger partial charge in [0.2, 0.25) is 5.78 Å². The van der Waals surface area contributed by atoms with Crippen molar-refractivity contribution in [2.75, 3.05) is 6.61 Å². The molecule has 0 bridgehead atoms. The summed E-state index contributed by atoms with van der Waals surface area (Å²) in [5.41, 5.74) is 0. The first-order chi connectivity index (χ1) is 5.76. The molecule has 0 amide bonds. The van der Waals surface area contributed by atoms with E-state index >= 15 is 0 Å². The molecule has 0 aromatic carbocycles. The number of aliphatic hydroxyl groups excluding tert-OH is 1. The van der Waals surface area contributed by atoms with Gasteiger partial charge in [-0.2, -0.15) is 0 Å². The molecular formula is C6H6MnO5. The van der Waals surface area contributed by atoms with Crippen LogP contribution in [0.15, 0.2) is 22.8 Å². The number of hydrogen-bond acceptors (Lipinski definition) is 5. The topological polar surface area (TPSA) is 84.6 Å². The Kier molecular flexibility index (Phi) is 6.18. The molecule has 0 saturated carbocycles. The van der Waals surface area contributed by atoms with Crippen molar-refractivity contribution in [2.45, 2.75) is 0 Å². The van der Waals surface area contributed by atoms with Crippen molar-refractivity contribution in [1.29, 1.82) is 0 Å². The van der Waals surface area contributed by atoms with E-state index in [1.807, 2.05) is 0 Å². The van der Waals surface area contributed by atoms with Gasteiger partial charge in [-0.15, -0.1) is 0 Å². The van der Waals surface area contributed by atoms with Gasteiger partial charge in [-0.3, -0.25) is 4.79 Å². The van der Waals surface area contributed by atoms with E-state index in [0.717, 1.165) is 0 Å². The normalized spacial score (nSPS) is 8.08. The summed E-state index contributed by atoms with van der Waals surface area (Å²) in [4.78, 5) is 10.5. The Morgan fingerprint density at radius 3 is 2.50 bits per heavy atom. The summed E-state index contributed by atoms with van der Waals surface area (Å²) in [6.07, 6.45) is 1.39. The fourth-order valence-corrected chi connectivity index (χ4v) is 0.515. The van der Waals surface area contributed by atoms with Gasteiger partial charge in [0.05, 0.1) is 6.26 Å². The monoisotopic (exact) mass is 213 g/mol. The van der Waals surface area contributed by atoms with Gasteiger partial charge in [0.15, 0.2) is 5.76 Å². The third-order valence-electron chi connectivity index (χ3n) is 0.940. The molecule has 67 valence electrons. The van der Waals surface area contributed by atoms with Gasteiger partial charge in [-0.25, -0.2) is 0 Å². The molecule has 0 saturated heterocycles. The van der Waals surface area contributed by atoms with Crippen molar-refractivity contribution in [3.63, 3.8) is 0 Å². The van der Waals surface area contributed by atoms with Crippen LogP contribution in [0.25, 0.3) is 0 Å². The van der Waals surface area contributed by atoms with Crippen LogP contribution in [0.2, 0.25) is 0 Å². The summed E-state index contributed by atoms with van der Waals surface area (Å²) in [7, 11) is 0. The first-order valence-corrected chi connectivity index (χ1v) is 3.79. The number of carbonyl (C=O) groups is 1. The van der Waals surface area contributed by atoms with Crippen molar-refractivity contribution < 1.29 is 36.8 Å². The molecule has 0 aliphatic carbocycles. The van der Waals surface area contributed by atoms with Crippen LogP contribution in [0.3, 0.4) is 0 Å². The fraction of sp³-hybridized carbons (Fsp3) is 0.167. The molecule has 0 fully saturated rings. The van der Waals surface area contributed by atoms with Crippen molar-refractivity contribution in [3.8, 4) is 0 Å². The van der Waals surface area contributed by atoms with Crippen molar-refractivity contribution in [1.82, 2.24) is 0 Å². The van der Waals surface area contributed by atoms with Crippen molar-refractivity contribution in [3.05, 3.63) is 24.2 Å². The van der Waals surface area contributed by atoms with Crippen LogP contribution in [0.4, 0.5) is 0 Å². The minimum atomic E-state index is -1.44. The molecular weight excluding hydrogens is 207 g/mol. The van der Waals surface area contributed by atoms with Crippen LogP contribution in [-0.2, 0) is 22.5 Å². The van der Waals surface area contributed by atoms with Crippen LogP contribution in [-0.4, -0.2) is 17.5 Å². The average molecular weight is 213 g/mol. The number of aliphatic hydroxyl groups is 1. The van der Waals surface area contributed by atoms with E-state index < -0.39 is 21.4 Å². The number of furan rings is 1. The van der Waals surface area contributed by atoms with Crippen molar-refractivity contribution >= 4 is 5.78 Å². The standard InChI is InChI=1S/C6H6O3.Mn.2O/c7-4-5(8)6-2-1-3-9-6;;;/h1-3,7H,4H2;;;. The van der Waals surface area contributed by atoms with Gasteiger partial charge in [-0.05, 0) is 12.1 Å².